The van der Waals surface area contributed by atoms with Gasteiger partial charge < -0.3 is 14.4 Å². The summed E-state index contributed by atoms with van der Waals surface area (Å²) in [6, 6.07) is 12.6. The van der Waals surface area contributed by atoms with E-state index in [-0.39, 0.29) is 17.9 Å². The molecular formula is C29H25F3N2O2. The summed E-state index contributed by atoms with van der Waals surface area (Å²) in [6.07, 6.45) is 4.56. The van der Waals surface area contributed by atoms with E-state index in [4.69, 9.17) is 9.47 Å². The van der Waals surface area contributed by atoms with Crippen molar-refractivity contribution in [2.75, 3.05) is 19.1 Å². The van der Waals surface area contributed by atoms with Crippen molar-refractivity contribution in [3.8, 4) is 17.2 Å². The van der Waals surface area contributed by atoms with Crippen molar-refractivity contribution < 1.29 is 22.6 Å². The molecule has 2 aromatic carbocycles. The summed E-state index contributed by atoms with van der Waals surface area (Å²) in [7, 11) is 3.32. The van der Waals surface area contributed by atoms with Crippen molar-refractivity contribution in [2.45, 2.75) is 25.6 Å². The molecule has 184 valence electrons. The summed E-state index contributed by atoms with van der Waals surface area (Å²) in [5.74, 6) is 1.85. The fourth-order valence-corrected chi connectivity index (χ4v) is 5.41. The lowest BCUT2D eigenvalue weighted by Crippen LogP contribution is -2.35. The molecule has 0 amide bonds. The van der Waals surface area contributed by atoms with Crippen LogP contribution in [0.4, 0.5) is 18.9 Å². The first kappa shape index (κ1) is 23.8. The Hall–Kier alpha value is -3.92. The van der Waals surface area contributed by atoms with Gasteiger partial charge in [-0.3, -0.25) is 0 Å². The molecular weight excluding hydrogens is 465 g/mol. The minimum absolute atomic E-state index is 0.0175. The molecule has 1 heterocycles. The van der Waals surface area contributed by atoms with E-state index in [2.05, 4.69) is 36.1 Å². The molecule has 1 aliphatic heterocycles. The topological polar surface area (TPSA) is 45.5 Å². The molecule has 0 radical (unpaired) electrons. The summed E-state index contributed by atoms with van der Waals surface area (Å²) in [5, 5.41) is 9.57. The average molecular weight is 491 g/mol. The highest BCUT2D eigenvalue weighted by molar-refractivity contribution is 5.83. The first-order valence-electron chi connectivity index (χ1n) is 11.7. The highest BCUT2D eigenvalue weighted by atomic mass is 19.4. The number of hydrogen-bond donors (Lipinski definition) is 0. The van der Waals surface area contributed by atoms with Gasteiger partial charge in [0.15, 0.2) is 0 Å². The maximum atomic E-state index is 13.2. The number of nitriles is 1. The zero-order valence-electron chi connectivity index (χ0n) is 20.1. The maximum Gasteiger partial charge on any atom is 0.416 e. The third kappa shape index (κ3) is 3.97. The van der Waals surface area contributed by atoms with Crippen molar-refractivity contribution in [1.29, 1.82) is 5.26 Å². The fraction of sp³-hybridized carbons (Fsp3) is 0.276. The van der Waals surface area contributed by atoms with Crippen molar-refractivity contribution in [1.82, 2.24) is 0 Å². The number of benzene rings is 2. The van der Waals surface area contributed by atoms with Crippen molar-refractivity contribution in [3.05, 3.63) is 101 Å². The van der Waals surface area contributed by atoms with Crippen LogP contribution in [0.1, 0.15) is 24.5 Å². The minimum Gasteiger partial charge on any atom is -0.501 e. The Balaban J connectivity index is 1.69. The Morgan fingerprint density at radius 1 is 1.06 bits per heavy atom. The summed E-state index contributed by atoms with van der Waals surface area (Å²) >= 11 is 0. The Bertz CT molecular complexity index is 1360. The fourth-order valence-electron chi connectivity index (χ4n) is 5.41. The first-order valence-corrected chi connectivity index (χ1v) is 11.7. The summed E-state index contributed by atoms with van der Waals surface area (Å²) in [5.41, 5.74) is 4.18. The molecule has 3 unspecified atom stereocenters. The first-order chi connectivity index (χ1) is 17.2. The molecule has 0 bridgehead atoms. The average Bonchev–Trinajstić information content (AvgIpc) is 3.21. The molecule has 7 heteroatoms. The third-order valence-corrected chi connectivity index (χ3v) is 7.08. The number of alkyl halides is 3. The molecule has 0 saturated heterocycles. The van der Waals surface area contributed by atoms with Crippen LogP contribution in [0.15, 0.2) is 89.6 Å². The third-order valence-electron chi connectivity index (χ3n) is 7.08. The zero-order valence-corrected chi connectivity index (χ0v) is 20.1. The molecule has 2 aliphatic carbocycles. The smallest absolute Gasteiger partial charge is 0.416 e. The predicted octanol–water partition coefficient (Wildman–Crippen LogP) is 6.97. The molecule has 4 nitrogen and oxygen atoms in total. The van der Waals surface area contributed by atoms with E-state index in [0.29, 0.717) is 16.7 Å². The lowest BCUT2D eigenvalue weighted by molar-refractivity contribution is -0.137. The highest BCUT2D eigenvalue weighted by Crippen LogP contribution is 2.50. The summed E-state index contributed by atoms with van der Waals surface area (Å²) < 4.78 is 50.7. The number of ether oxygens (including phenoxy) is 2. The molecule has 0 spiro atoms. The Morgan fingerprint density at radius 2 is 1.81 bits per heavy atom. The van der Waals surface area contributed by atoms with Crippen LogP contribution in [0, 0.1) is 23.2 Å². The lowest BCUT2D eigenvalue weighted by atomic mass is 9.85. The highest BCUT2D eigenvalue weighted by Gasteiger charge is 2.44. The number of allylic oxidation sites excluding steroid dienone is 4. The minimum atomic E-state index is -4.42. The van der Waals surface area contributed by atoms with Crippen LogP contribution in [0.2, 0.25) is 0 Å². The second-order valence-electron chi connectivity index (χ2n) is 9.20. The molecule has 0 saturated carbocycles. The molecule has 0 aromatic heterocycles. The van der Waals surface area contributed by atoms with E-state index in [1.54, 1.807) is 26.4 Å². The predicted molar refractivity (Wildman–Crippen MR) is 131 cm³/mol. The van der Waals surface area contributed by atoms with Gasteiger partial charge in [-0.25, -0.2) is 0 Å². The van der Waals surface area contributed by atoms with E-state index in [1.165, 1.54) is 12.1 Å². The molecule has 5 rings (SSSR count). The standard InChI is InChI=1S/C29H25F3N2O2/c1-17-12-22(36-3)15-25-24-14-21(35-2)9-11-27(24)34(28(17)25)26-10-4-18(16-33)13-23(26)19-5-7-20(8-6-19)29(30,31)32/h4-11,13-15,17,24,27H,12H2,1-3H3. The van der Waals surface area contributed by atoms with Gasteiger partial charge in [0.2, 0.25) is 0 Å². The van der Waals surface area contributed by atoms with Crippen LogP contribution in [0.25, 0.3) is 11.1 Å². The van der Waals surface area contributed by atoms with E-state index in [1.807, 2.05) is 12.1 Å². The van der Waals surface area contributed by atoms with Gasteiger partial charge in [0.1, 0.15) is 5.76 Å². The van der Waals surface area contributed by atoms with Gasteiger partial charge in [-0.1, -0.05) is 25.1 Å². The van der Waals surface area contributed by atoms with Gasteiger partial charge in [-0.2, -0.15) is 18.4 Å². The van der Waals surface area contributed by atoms with Gasteiger partial charge in [-0.15, -0.1) is 0 Å². The van der Waals surface area contributed by atoms with Crippen LogP contribution < -0.4 is 4.90 Å². The van der Waals surface area contributed by atoms with Crippen molar-refractivity contribution in [2.24, 2.45) is 11.8 Å². The van der Waals surface area contributed by atoms with E-state index in [9.17, 15) is 18.4 Å². The van der Waals surface area contributed by atoms with Crippen molar-refractivity contribution >= 4 is 5.69 Å². The number of nitrogens with zero attached hydrogens (tertiary/aromatic N) is 2. The van der Waals surface area contributed by atoms with Gasteiger partial charge >= 0.3 is 6.18 Å². The maximum absolute atomic E-state index is 13.2. The molecule has 36 heavy (non-hydrogen) atoms. The second kappa shape index (κ2) is 8.94. The van der Waals surface area contributed by atoms with Crippen LogP contribution >= 0.6 is 0 Å². The van der Waals surface area contributed by atoms with Gasteiger partial charge in [-0.05, 0) is 59.7 Å². The number of methoxy groups -OCH3 is 2. The number of rotatable bonds is 4. The molecule has 3 atom stereocenters. The normalized spacial score (nSPS) is 22.9. The number of anilines is 1. The quantitative estimate of drug-likeness (QED) is 0.464. The second-order valence-corrected chi connectivity index (χ2v) is 9.20. The monoisotopic (exact) mass is 490 g/mol. The summed E-state index contributed by atoms with van der Waals surface area (Å²) in [6.45, 7) is 2.15. The van der Waals surface area contributed by atoms with Crippen LogP contribution in [0.3, 0.4) is 0 Å². The van der Waals surface area contributed by atoms with Crippen molar-refractivity contribution in [3.63, 3.8) is 0 Å². The number of hydrogen-bond acceptors (Lipinski definition) is 4. The van der Waals surface area contributed by atoms with E-state index < -0.39 is 11.7 Å². The van der Waals surface area contributed by atoms with E-state index >= 15 is 0 Å². The van der Waals surface area contributed by atoms with Gasteiger partial charge in [0.05, 0.1) is 43.2 Å². The van der Waals surface area contributed by atoms with Gasteiger partial charge in [0.25, 0.3) is 0 Å². The Kier molecular flexibility index (Phi) is 5.91. The van der Waals surface area contributed by atoms with Crippen LogP contribution in [-0.4, -0.2) is 20.3 Å². The molecule has 0 N–H and O–H groups in total. The SMILES string of the molecule is COC1=CC2C3=C(C(C)CC(OC)=C3)N(c3ccc(C#N)cc3-c3ccc(C(F)(F)F)cc3)C2C=C1. The Morgan fingerprint density at radius 3 is 2.44 bits per heavy atom. The number of halogens is 3. The Labute approximate surface area is 208 Å². The number of fused-ring (bicyclic) bond motifs is 2. The molecule has 0 fully saturated rings. The van der Waals surface area contributed by atoms with Gasteiger partial charge in [0, 0.05) is 35.2 Å². The molecule has 2 aromatic rings. The lowest BCUT2D eigenvalue weighted by Gasteiger charge is -2.35. The largest absolute Gasteiger partial charge is 0.501 e. The van der Waals surface area contributed by atoms with Crippen LogP contribution in [0.5, 0.6) is 0 Å². The molecule has 3 aliphatic rings. The summed E-state index contributed by atoms with van der Waals surface area (Å²) in [4.78, 5) is 2.27. The zero-order chi connectivity index (χ0) is 25.6. The van der Waals surface area contributed by atoms with E-state index in [0.717, 1.165) is 47.0 Å². The van der Waals surface area contributed by atoms with Crippen LogP contribution in [-0.2, 0) is 15.7 Å².